The van der Waals surface area contributed by atoms with E-state index in [1.807, 2.05) is 13.8 Å². The Labute approximate surface area is 365 Å². The first-order valence-corrected chi connectivity index (χ1v) is 21.3. The molecule has 0 aromatic carbocycles. The molecule has 1 saturated heterocycles. The van der Waals surface area contributed by atoms with Crippen molar-refractivity contribution in [1.82, 2.24) is 5.32 Å². The van der Waals surface area contributed by atoms with Gasteiger partial charge in [0.2, 0.25) is 0 Å². The minimum absolute atomic E-state index is 0.0202. The van der Waals surface area contributed by atoms with Crippen LogP contribution in [0.3, 0.4) is 0 Å². The van der Waals surface area contributed by atoms with Crippen LogP contribution in [0.2, 0.25) is 0 Å². The van der Waals surface area contributed by atoms with Crippen LogP contribution in [0, 0.1) is 45.3 Å². The van der Waals surface area contributed by atoms with Crippen LogP contribution in [0.4, 0.5) is 0 Å². The maximum Gasteiger partial charge on any atom is 0.304 e. The summed E-state index contributed by atoms with van der Waals surface area (Å²) in [7, 11) is 0. The van der Waals surface area contributed by atoms with Crippen LogP contribution in [-0.4, -0.2) is 106 Å². The molecule has 18 nitrogen and oxygen atoms in total. The fraction of sp³-hybridized carbons (Fsp3) is 0.644. The Morgan fingerprint density at radius 2 is 1.16 bits per heavy atom. The van der Waals surface area contributed by atoms with Crippen molar-refractivity contribution >= 4 is 58.9 Å². The summed E-state index contributed by atoms with van der Waals surface area (Å²) >= 11 is 0. The van der Waals surface area contributed by atoms with Gasteiger partial charge in [-0.1, -0.05) is 34.6 Å². The van der Waals surface area contributed by atoms with Gasteiger partial charge < -0.3 is 41.1 Å². The van der Waals surface area contributed by atoms with E-state index in [9.17, 15) is 69.3 Å². The predicted molar refractivity (Wildman–Crippen MR) is 227 cm³/mol. The molecule has 5 aliphatic heterocycles. The number of allylic oxidation sites excluding steroid dienone is 6. The fourth-order valence-electron chi connectivity index (χ4n) is 11.8. The molecule has 5 rings (SSSR count). The maximum atomic E-state index is 13.1. The van der Waals surface area contributed by atoms with Gasteiger partial charge in [-0.05, 0) is 63.7 Å². The summed E-state index contributed by atoms with van der Waals surface area (Å²) in [5.74, 6) is -11.5. The van der Waals surface area contributed by atoms with Crippen LogP contribution in [0.1, 0.15) is 126 Å². The number of hydrogen-bond acceptors (Lipinski definition) is 11. The Kier molecular flexibility index (Phi) is 13.1. The molecule has 0 aromatic rings. The highest BCUT2D eigenvalue weighted by atomic mass is 16.4. The molecule has 8 N–H and O–H groups in total. The second-order valence-electron chi connectivity index (χ2n) is 19.5. The fourth-order valence-corrected chi connectivity index (χ4v) is 11.8. The molecule has 1 fully saturated rings. The summed E-state index contributed by atoms with van der Waals surface area (Å²) in [6.45, 7) is 13.9. The van der Waals surface area contributed by atoms with Crippen LogP contribution in [0.25, 0.3) is 0 Å². The second-order valence-corrected chi connectivity index (χ2v) is 19.5. The molecule has 0 aromatic heterocycles. The molecule has 0 amide bonds. The van der Waals surface area contributed by atoms with Crippen molar-refractivity contribution in [3.05, 3.63) is 34.3 Å². The predicted octanol–water partition coefficient (Wildman–Crippen LogP) is 5.92. The molecular weight excluding hydrogens is 821 g/mol. The Morgan fingerprint density at radius 1 is 0.635 bits per heavy atom. The first-order valence-electron chi connectivity index (χ1n) is 21.3. The van der Waals surface area contributed by atoms with E-state index in [1.165, 1.54) is 0 Å². The average molecular weight is 881 g/mol. The molecule has 9 unspecified atom stereocenters. The minimum Gasteiger partial charge on any atom is -0.481 e. The van der Waals surface area contributed by atoms with Crippen LogP contribution in [0.5, 0.6) is 0 Å². The van der Waals surface area contributed by atoms with Crippen LogP contribution in [-0.2, 0) is 33.6 Å². The third kappa shape index (κ3) is 8.56. The summed E-state index contributed by atoms with van der Waals surface area (Å²) in [5.41, 5.74) is -3.60. The minimum atomic E-state index is -1.63. The molecule has 0 radical (unpaired) electrons. The molecule has 5 aliphatic rings. The van der Waals surface area contributed by atoms with Gasteiger partial charge in [-0.2, -0.15) is 0 Å². The standard InChI is InChI=1S/C45H60N4O14/c1-21-36-24(10-13-30(52)53)41(3,4)28(47-36)18-27-23(9-12-29(50)51)43(6,19-34(60)61)39(46-27)22(2)37-25(11-14-31(54)55)44(7,20-35(62)63)45(8,49-37)40-26(17-33(58)59)42(5,38(21)48-40)16-15-32(56)57/h18,23-26,40,46H,9-17,19-20H2,1-8H3,(H,50,51)(H,52,53)(H,54,55)(H,56,57)(H,58,59)(H,60,61)(H,62,63)/b27-18?,36-21?,39-22-. The number of aliphatic carboxylic acids is 7. The van der Waals surface area contributed by atoms with Crippen molar-refractivity contribution in [2.75, 3.05) is 0 Å². The zero-order chi connectivity index (χ0) is 47.4. The molecule has 344 valence electrons. The number of aliphatic imine (C=N–C) groups is 3. The first kappa shape index (κ1) is 48.4. The third-order valence-corrected chi connectivity index (χ3v) is 15.3. The molecule has 8 bridgehead atoms. The van der Waals surface area contributed by atoms with Crippen LogP contribution in [0.15, 0.2) is 49.3 Å². The van der Waals surface area contributed by atoms with Gasteiger partial charge in [-0.3, -0.25) is 48.5 Å². The van der Waals surface area contributed by atoms with Gasteiger partial charge in [-0.15, -0.1) is 0 Å². The van der Waals surface area contributed by atoms with Crippen molar-refractivity contribution in [1.29, 1.82) is 0 Å². The summed E-state index contributed by atoms with van der Waals surface area (Å²) in [5, 5.41) is 75.1. The van der Waals surface area contributed by atoms with Gasteiger partial charge in [0.1, 0.15) is 0 Å². The van der Waals surface area contributed by atoms with E-state index in [-0.39, 0.29) is 44.2 Å². The molecule has 18 heteroatoms. The highest BCUT2D eigenvalue weighted by molar-refractivity contribution is 6.10. The molecule has 9 atom stereocenters. The van der Waals surface area contributed by atoms with Crippen molar-refractivity contribution in [3.63, 3.8) is 0 Å². The number of carboxylic acids is 7. The van der Waals surface area contributed by atoms with Gasteiger partial charge in [0.15, 0.2) is 0 Å². The van der Waals surface area contributed by atoms with Gasteiger partial charge in [0, 0.05) is 105 Å². The lowest BCUT2D eigenvalue weighted by Gasteiger charge is -2.48. The van der Waals surface area contributed by atoms with E-state index in [0.29, 0.717) is 39.7 Å². The van der Waals surface area contributed by atoms with E-state index in [1.54, 1.807) is 47.6 Å². The normalized spacial score (nSPS) is 34.2. The average Bonchev–Trinajstić information content (AvgIpc) is 3.75. The van der Waals surface area contributed by atoms with Gasteiger partial charge in [-0.25, -0.2) is 0 Å². The quantitative estimate of drug-likeness (QED) is 0.0792. The lowest BCUT2D eigenvalue weighted by Crippen LogP contribution is -2.55. The van der Waals surface area contributed by atoms with E-state index >= 15 is 0 Å². The van der Waals surface area contributed by atoms with Crippen molar-refractivity contribution < 1.29 is 69.3 Å². The van der Waals surface area contributed by atoms with E-state index in [0.717, 1.165) is 0 Å². The van der Waals surface area contributed by atoms with E-state index in [4.69, 9.17) is 15.0 Å². The molecule has 5 heterocycles. The Hall–Kier alpha value is -5.68. The molecule has 0 saturated carbocycles. The van der Waals surface area contributed by atoms with Gasteiger partial charge >= 0.3 is 41.8 Å². The SMILES string of the molecule is CC1=C2N=C(C=C3N/C(=C(/C)C4=NC(C)(C5N=C1C(C)(CCC(=O)O)C5CC(=O)O)C(C)(CC(=O)O)C4CCC(=O)O)C(C)(CC(=O)O)C3CCC(=O)O)C(C)(C)C2CCC(=O)O. The molecule has 0 aliphatic carbocycles. The lowest BCUT2D eigenvalue weighted by molar-refractivity contribution is -0.143. The Balaban J connectivity index is 2.03. The highest BCUT2D eigenvalue weighted by Gasteiger charge is 2.66. The van der Waals surface area contributed by atoms with Crippen molar-refractivity contribution in [3.8, 4) is 0 Å². The molecule has 63 heavy (non-hydrogen) atoms. The maximum absolute atomic E-state index is 13.1. The summed E-state index contributed by atoms with van der Waals surface area (Å²) < 4.78 is 0. The van der Waals surface area contributed by atoms with Crippen LogP contribution < -0.4 is 5.32 Å². The number of carboxylic acid groups (broad SMARTS) is 7. The smallest absolute Gasteiger partial charge is 0.304 e. The summed E-state index contributed by atoms with van der Waals surface area (Å²) in [6, 6.07) is -1.15. The highest BCUT2D eigenvalue weighted by Crippen LogP contribution is 2.62. The van der Waals surface area contributed by atoms with Crippen molar-refractivity contribution in [2.24, 2.45) is 60.3 Å². The largest absolute Gasteiger partial charge is 0.481 e. The topological polar surface area (TPSA) is 310 Å². The number of hydrogen-bond donors (Lipinski definition) is 8. The van der Waals surface area contributed by atoms with Gasteiger partial charge in [0.25, 0.3) is 0 Å². The third-order valence-electron chi connectivity index (χ3n) is 15.3. The number of carbonyl (C=O) groups is 7. The van der Waals surface area contributed by atoms with Crippen molar-refractivity contribution in [2.45, 2.75) is 138 Å². The Morgan fingerprint density at radius 3 is 1.67 bits per heavy atom. The number of rotatable bonds is 18. The van der Waals surface area contributed by atoms with E-state index < -0.39 is 131 Å². The lowest BCUT2D eigenvalue weighted by atomic mass is 9.55. The summed E-state index contributed by atoms with van der Waals surface area (Å²) in [4.78, 5) is 104. The summed E-state index contributed by atoms with van der Waals surface area (Å²) in [6.07, 6.45) is -1.45. The number of nitrogens with zero attached hydrogens (tertiary/aromatic N) is 3. The second kappa shape index (κ2) is 17.1. The first-order chi connectivity index (χ1) is 29.0. The van der Waals surface area contributed by atoms with E-state index in [2.05, 4.69) is 5.32 Å². The zero-order valence-electron chi connectivity index (χ0n) is 37.1. The monoisotopic (exact) mass is 880 g/mol. The number of nitrogens with one attached hydrogen (secondary N) is 1. The van der Waals surface area contributed by atoms with Gasteiger partial charge in [0.05, 0.1) is 30.8 Å². The Bertz CT molecular complexity index is 2220. The van der Waals surface area contributed by atoms with Crippen LogP contribution >= 0.6 is 0 Å². The zero-order valence-corrected chi connectivity index (χ0v) is 37.1. The molecule has 0 spiro atoms. The number of fused-ring (bicyclic) bond motifs is 6. The molecular formula is C45H60N4O14.